The Morgan fingerprint density at radius 1 is 1.00 bits per heavy atom. The summed E-state index contributed by atoms with van der Waals surface area (Å²) >= 11 is 0. The fraction of sp³-hybridized carbons (Fsp3) is 0.538. The zero-order chi connectivity index (χ0) is 10.9. The van der Waals surface area contributed by atoms with Gasteiger partial charge in [-0.05, 0) is 45.7 Å². The van der Waals surface area contributed by atoms with E-state index < -0.39 is 0 Å². The fourth-order valence-corrected chi connectivity index (χ4v) is 1.99. The predicted molar refractivity (Wildman–Crippen MR) is 64.2 cm³/mol. The van der Waals surface area contributed by atoms with E-state index >= 15 is 0 Å². The van der Waals surface area contributed by atoms with Crippen LogP contribution in [0.3, 0.4) is 0 Å². The molecular weight excluding hydrogens is 170 g/mol. The molecule has 1 rings (SSSR count). The molecule has 0 aliphatic carbocycles. The molecule has 0 heterocycles. The van der Waals surface area contributed by atoms with Crippen molar-refractivity contribution in [2.75, 3.05) is 11.9 Å². The number of anilines is 1. The van der Waals surface area contributed by atoms with Crippen LogP contribution in [-0.2, 0) is 0 Å². The molecule has 1 nitrogen and oxygen atoms in total. The summed E-state index contributed by atoms with van der Waals surface area (Å²) in [7, 11) is 2.16. The van der Waals surface area contributed by atoms with E-state index in [1.165, 1.54) is 22.4 Å². The van der Waals surface area contributed by atoms with Gasteiger partial charge in [0, 0.05) is 18.8 Å². The molecule has 0 aliphatic heterocycles. The first-order valence-corrected chi connectivity index (χ1v) is 5.24. The van der Waals surface area contributed by atoms with Gasteiger partial charge in [-0.25, -0.2) is 0 Å². The second-order valence-electron chi connectivity index (χ2n) is 4.45. The second-order valence-corrected chi connectivity index (χ2v) is 4.45. The van der Waals surface area contributed by atoms with Crippen LogP contribution < -0.4 is 4.90 Å². The van der Waals surface area contributed by atoms with Crippen molar-refractivity contribution in [3.63, 3.8) is 0 Å². The summed E-state index contributed by atoms with van der Waals surface area (Å²) in [5.41, 5.74) is 5.48. The summed E-state index contributed by atoms with van der Waals surface area (Å²) in [6.07, 6.45) is 0. The molecule has 1 aromatic carbocycles. The highest BCUT2D eigenvalue weighted by Gasteiger charge is 2.10. The van der Waals surface area contributed by atoms with Gasteiger partial charge in [0.05, 0.1) is 0 Å². The summed E-state index contributed by atoms with van der Waals surface area (Å²) in [6.45, 7) is 11.0. The number of benzene rings is 1. The molecule has 0 saturated heterocycles. The topological polar surface area (TPSA) is 3.24 Å². The van der Waals surface area contributed by atoms with Crippen molar-refractivity contribution < 1.29 is 0 Å². The largest absolute Gasteiger partial charge is 0.372 e. The third kappa shape index (κ3) is 2.09. The van der Waals surface area contributed by atoms with Gasteiger partial charge in [-0.15, -0.1) is 0 Å². The minimum absolute atomic E-state index is 0.551. The van der Waals surface area contributed by atoms with Crippen molar-refractivity contribution in [3.8, 4) is 0 Å². The Bertz CT molecular complexity index is 303. The molecule has 1 aromatic rings. The summed E-state index contributed by atoms with van der Waals surface area (Å²) in [4.78, 5) is 2.34. The van der Waals surface area contributed by atoms with Gasteiger partial charge in [0.1, 0.15) is 0 Å². The first kappa shape index (κ1) is 11.1. The maximum atomic E-state index is 2.34. The molecule has 78 valence electrons. The number of nitrogens with zero attached hydrogens (tertiary/aromatic N) is 1. The normalized spacial score (nSPS) is 10.8. The minimum Gasteiger partial charge on any atom is -0.372 e. The summed E-state index contributed by atoms with van der Waals surface area (Å²) in [5, 5.41) is 0. The van der Waals surface area contributed by atoms with Crippen LogP contribution in [0.5, 0.6) is 0 Å². The van der Waals surface area contributed by atoms with E-state index in [1.807, 2.05) is 0 Å². The van der Waals surface area contributed by atoms with E-state index in [9.17, 15) is 0 Å². The molecule has 0 amide bonds. The Balaban J connectivity index is 3.20. The standard InChI is InChI=1S/C13H21N/c1-9(2)14(6)13-11(4)7-10(3)8-12(13)5/h7-9H,1-6H3. The van der Waals surface area contributed by atoms with Crippen molar-refractivity contribution in [1.29, 1.82) is 0 Å². The summed E-state index contributed by atoms with van der Waals surface area (Å²) in [6, 6.07) is 5.05. The summed E-state index contributed by atoms with van der Waals surface area (Å²) in [5.74, 6) is 0. The lowest BCUT2D eigenvalue weighted by molar-refractivity contribution is 0.749. The molecular formula is C13H21N. The Kier molecular flexibility index (Phi) is 3.20. The van der Waals surface area contributed by atoms with Crippen LogP contribution in [0.2, 0.25) is 0 Å². The highest BCUT2D eigenvalue weighted by molar-refractivity contribution is 5.60. The Morgan fingerprint density at radius 2 is 1.43 bits per heavy atom. The van der Waals surface area contributed by atoms with E-state index in [1.54, 1.807) is 0 Å². The highest BCUT2D eigenvalue weighted by atomic mass is 15.1. The van der Waals surface area contributed by atoms with Crippen molar-refractivity contribution >= 4 is 5.69 Å². The zero-order valence-corrected chi connectivity index (χ0v) is 10.2. The molecule has 0 bridgehead atoms. The molecule has 0 radical (unpaired) electrons. The Labute approximate surface area is 87.7 Å². The Morgan fingerprint density at radius 3 is 1.79 bits per heavy atom. The van der Waals surface area contributed by atoms with Gasteiger partial charge < -0.3 is 4.90 Å². The number of hydrogen-bond donors (Lipinski definition) is 0. The summed E-state index contributed by atoms with van der Waals surface area (Å²) < 4.78 is 0. The van der Waals surface area contributed by atoms with E-state index in [0.29, 0.717) is 6.04 Å². The van der Waals surface area contributed by atoms with E-state index in [2.05, 4.69) is 58.7 Å². The van der Waals surface area contributed by atoms with E-state index in [4.69, 9.17) is 0 Å². The van der Waals surface area contributed by atoms with Crippen molar-refractivity contribution in [2.45, 2.75) is 40.7 Å². The van der Waals surface area contributed by atoms with Crippen molar-refractivity contribution in [2.24, 2.45) is 0 Å². The van der Waals surface area contributed by atoms with Crippen LogP contribution in [-0.4, -0.2) is 13.1 Å². The molecule has 0 spiro atoms. The van der Waals surface area contributed by atoms with Gasteiger partial charge in [-0.1, -0.05) is 17.7 Å². The quantitative estimate of drug-likeness (QED) is 0.692. The van der Waals surface area contributed by atoms with Gasteiger partial charge in [-0.2, -0.15) is 0 Å². The lowest BCUT2D eigenvalue weighted by Gasteiger charge is -2.27. The molecule has 0 aliphatic rings. The molecule has 14 heavy (non-hydrogen) atoms. The first-order chi connectivity index (χ1) is 6.43. The van der Waals surface area contributed by atoms with Crippen LogP contribution in [0.15, 0.2) is 12.1 Å². The average Bonchev–Trinajstić information content (AvgIpc) is 2.01. The lowest BCUT2D eigenvalue weighted by Crippen LogP contribution is -2.27. The predicted octanol–water partition coefficient (Wildman–Crippen LogP) is 3.46. The van der Waals surface area contributed by atoms with Crippen LogP contribution >= 0.6 is 0 Å². The van der Waals surface area contributed by atoms with E-state index in [-0.39, 0.29) is 0 Å². The van der Waals surface area contributed by atoms with Crippen LogP contribution in [0, 0.1) is 20.8 Å². The van der Waals surface area contributed by atoms with Gasteiger partial charge in [0.2, 0.25) is 0 Å². The van der Waals surface area contributed by atoms with Crippen molar-refractivity contribution in [3.05, 3.63) is 28.8 Å². The minimum atomic E-state index is 0.551. The SMILES string of the molecule is Cc1cc(C)c(N(C)C(C)C)c(C)c1. The highest BCUT2D eigenvalue weighted by Crippen LogP contribution is 2.26. The number of aryl methyl sites for hydroxylation is 3. The van der Waals surface area contributed by atoms with Crippen LogP contribution in [0.25, 0.3) is 0 Å². The van der Waals surface area contributed by atoms with Gasteiger partial charge in [0.15, 0.2) is 0 Å². The molecule has 0 saturated carbocycles. The van der Waals surface area contributed by atoms with Gasteiger partial charge >= 0.3 is 0 Å². The average molecular weight is 191 g/mol. The molecule has 0 fully saturated rings. The van der Waals surface area contributed by atoms with Crippen molar-refractivity contribution in [1.82, 2.24) is 0 Å². The lowest BCUT2D eigenvalue weighted by atomic mass is 10.0. The third-order valence-electron chi connectivity index (χ3n) is 2.76. The van der Waals surface area contributed by atoms with Crippen LogP contribution in [0.1, 0.15) is 30.5 Å². The number of rotatable bonds is 2. The molecule has 0 unspecified atom stereocenters. The smallest absolute Gasteiger partial charge is 0.0425 e. The molecule has 0 aromatic heterocycles. The van der Waals surface area contributed by atoms with E-state index in [0.717, 1.165) is 0 Å². The third-order valence-corrected chi connectivity index (χ3v) is 2.76. The Hall–Kier alpha value is -0.980. The van der Waals surface area contributed by atoms with Crippen LogP contribution in [0.4, 0.5) is 5.69 Å². The number of hydrogen-bond acceptors (Lipinski definition) is 1. The second kappa shape index (κ2) is 4.04. The maximum absolute atomic E-state index is 2.34. The first-order valence-electron chi connectivity index (χ1n) is 5.24. The fourth-order valence-electron chi connectivity index (χ4n) is 1.99. The maximum Gasteiger partial charge on any atom is 0.0425 e. The molecule has 0 atom stereocenters. The zero-order valence-electron chi connectivity index (χ0n) is 10.2. The monoisotopic (exact) mass is 191 g/mol. The van der Waals surface area contributed by atoms with Gasteiger partial charge in [-0.3, -0.25) is 0 Å². The van der Waals surface area contributed by atoms with Gasteiger partial charge in [0.25, 0.3) is 0 Å². The molecule has 0 N–H and O–H groups in total. The molecule has 1 heteroatoms.